The first-order chi connectivity index (χ1) is 15.3. The number of fused-ring (bicyclic) bond motifs is 1. The Kier molecular flexibility index (Phi) is 5.45. The van der Waals surface area contributed by atoms with Crippen LogP contribution in [0.1, 0.15) is 30.9 Å². The fourth-order valence-electron chi connectivity index (χ4n) is 4.11. The van der Waals surface area contributed by atoms with E-state index in [9.17, 15) is 0 Å². The molecule has 0 bridgehead atoms. The lowest BCUT2D eigenvalue weighted by Gasteiger charge is -2.27. The molecule has 1 unspecified atom stereocenters. The van der Waals surface area contributed by atoms with E-state index in [1.807, 2.05) is 55.0 Å². The molecule has 0 spiro atoms. The average molecular weight is 415 g/mol. The summed E-state index contributed by atoms with van der Waals surface area (Å²) in [6.45, 7) is 2.49. The van der Waals surface area contributed by atoms with Crippen LogP contribution in [-0.2, 0) is 0 Å². The van der Waals surface area contributed by atoms with Crippen molar-refractivity contribution in [2.75, 3.05) is 29.9 Å². The molecule has 1 fully saturated rings. The number of rotatable bonds is 6. The molecule has 4 aromatic rings. The summed E-state index contributed by atoms with van der Waals surface area (Å²) in [4.78, 5) is 20.8. The summed E-state index contributed by atoms with van der Waals surface area (Å²) in [5.74, 6) is 1.48. The van der Waals surface area contributed by atoms with Gasteiger partial charge in [-0.1, -0.05) is 30.3 Å². The van der Waals surface area contributed by atoms with Gasteiger partial charge in [-0.25, -0.2) is 19.9 Å². The van der Waals surface area contributed by atoms with Crippen molar-refractivity contribution in [1.82, 2.24) is 24.3 Å². The van der Waals surface area contributed by atoms with E-state index >= 15 is 0 Å². The fraction of sp³-hybridized carbons (Fsp3) is 0.304. The molecule has 0 amide bonds. The lowest BCUT2D eigenvalue weighted by molar-refractivity contribution is 0.574. The van der Waals surface area contributed by atoms with E-state index in [4.69, 9.17) is 10.7 Å². The first kappa shape index (κ1) is 19.4. The first-order valence-corrected chi connectivity index (χ1v) is 10.8. The Labute approximate surface area is 181 Å². The molecule has 5 rings (SSSR count). The van der Waals surface area contributed by atoms with Crippen molar-refractivity contribution in [2.24, 2.45) is 5.73 Å². The molecule has 4 heterocycles. The van der Waals surface area contributed by atoms with Gasteiger partial charge in [-0.15, -0.1) is 0 Å². The molecule has 1 saturated heterocycles. The SMILES string of the molecule is NCC(Nc1nccc(-c2cnc3c(N4CCCCC4)nccn23)n1)c1ccccc1. The smallest absolute Gasteiger partial charge is 0.223 e. The van der Waals surface area contributed by atoms with Crippen molar-refractivity contribution in [3.05, 3.63) is 66.7 Å². The Hall–Kier alpha value is -3.52. The predicted molar refractivity (Wildman–Crippen MR) is 122 cm³/mol. The monoisotopic (exact) mass is 414 g/mol. The number of nitrogens with one attached hydrogen (secondary N) is 1. The largest absolute Gasteiger partial charge is 0.354 e. The molecule has 0 aliphatic carbocycles. The Bertz CT molecular complexity index is 1150. The second-order valence-corrected chi connectivity index (χ2v) is 7.74. The Balaban J connectivity index is 1.46. The third-order valence-electron chi connectivity index (χ3n) is 5.72. The van der Waals surface area contributed by atoms with E-state index in [2.05, 4.69) is 29.6 Å². The van der Waals surface area contributed by atoms with E-state index in [1.165, 1.54) is 19.3 Å². The van der Waals surface area contributed by atoms with Crippen molar-refractivity contribution in [2.45, 2.75) is 25.3 Å². The van der Waals surface area contributed by atoms with Crippen LogP contribution in [0.5, 0.6) is 0 Å². The van der Waals surface area contributed by atoms with Crippen LogP contribution in [0, 0.1) is 0 Å². The van der Waals surface area contributed by atoms with Crippen LogP contribution in [0.15, 0.2) is 61.2 Å². The predicted octanol–water partition coefficient (Wildman–Crippen LogP) is 3.29. The Morgan fingerprint density at radius 3 is 2.61 bits per heavy atom. The van der Waals surface area contributed by atoms with Crippen molar-refractivity contribution >= 4 is 17.4 Å². The molecule has 0 radical (unpaired) electrons. The average Bonchev–Trinajstić information content (AvgIpc) is 3.28. The van der Waals surface area contributed by atoms with Crippen LogP contribution in [-0.4, -0.2) is 44.0 Å². The van der Waals surface area contributed by atoms with Gasteiger partial charge in [0.1, 0.15) is 0 Å². The molecule has 3 aromatic heterocycles. The second-order valence-electron chi connectivity index (χ2n) is 7.74. The molecule has 1 aliphatic heterocycles. The van der Waals surface area contributed by atoms with Gasteiger partial charge in [0.2, 0.25) is 5.95 Å². The van der Waals surface area contributed by atoms with Gasteiger partial charge in [-0.2, -0.15) is 0 Å². The summed E-state index contributed by atoms with van der Waals surface area (Å²) < 4.78 is 2.06. The van der Waals surface area contributed by atoms with Gasteiger partial charge in [0.25, 0.3) is 0 Å². The molecule has 8 heteroatoms. The zero-order valence-corrected chi connectivity index (χ0v) is 17.4. The van der Waals surface area contributed by atoms with Gasteiger partial charge in [-0.05, 0) is 30.9 Å². The lowest BCUT2D eigenvalue weighted by atomic mass is 10.1. The van der Waals surface area contributed by atoms with E-state index in [1.54, 1.807) is 6.20 Å². The minimum atomic E-state index is -0.0615. The van der Waals surface area contributed by atoms with Crippen LogP contribution in [0.2, 0.25) is 0 Å². The van der Waals surface area contributed by atoms with E-state index in [-0.39, 0.29) is 6.04 Å². The number of anilines is 2. The standard InChI is InChI=1S/C23H26N8/c24-15-19(17-7-3-1-4-8-17)29-23-26-10-9-18(28-23)20-16-27-22-21(25-11-14-31(20)22)30-12-5-2-6-13-30/h1,3-4,7-11,14,16,19H,2,5-6,12-13,15,24H2,(H,26,28,29). The number of hydrogen-bond acceptors (Lipinski definition) is 7. The summed E-state index contributed by atoms with van der Waals surface area (Å²) in [6.07, 6.45) is 11.1. The molecular formula is C23H26N8. The van der Waals surface area contributed by atoms with Gasteiger partial charge in [0, 0.05) is 38.2 Å². The van der Waals surface area contributed by atoms with Crippen LogP contribution in [0.4, 0.5) is 11.8 Å². The Morgan fingerprint density at radius 1 is 0.968 bits per heavy atom. The zero-order valence-electron chi connectivity index (χ0n) is 17.4. The number of imidazole rings is 1. The normalized spacial score (nSPS) is 15.2. The summed E-state index contributed by atoms with van der Waals surface area (Å²) in [5, 5.41) is 3.36. The number of nitrogens with two attached hydrogens (primary N) is 1. The molecule has 158 valence electrons. The van der Waals surface area contributed by atoms with E-state index < -0.39 is 0 Å². The summed E-state index contributed by atoms with van der Waals surface area (Å²) in [7, 11) is 0. The highest BCUT2D eigenvalue weighted by Gasteiger charge is 2.19. The summed E-state index contributed by atoms with van der Waals surface area (Å²) in [6, 6.07) is 11.9. The summed E-state index contributed by atoms with van der Waals surface area (Å²) in [5.41, 5.74) is 9.67. The van der Waals surface area contributed by atoms with Gasteiger partial charge in [0.05, 0.1) is 23.6 Å². The molecule has 1 aliphatic rings. The summed E-state index contributed by atoms with van der Waals surface area (Å²) >= 11 is 0. The number of benzene rings is 1. The van der Waals surface area contributed by atoms with Crippen molar-refractivity contribution in [1.29, 1.82) is 0 Å². The van der Waals surface area contributed by atoms with E-state index in [0.29, 0.717) is 12.5 Å². The van der Waals surface area contributed by atoms with Crippen LogP contribution < -0.4 is 16.0 Å². The van der Waals surface area contributed by atoms with Crippen molar-refractivity contribution in [3.8, 4) is 11.4 Å². The third-order valence-corrected chi connectivity index (χ3v) is 5.72. The maximum absolute atomic E-state index is 6.00. The highest BCUT2D eigenvalue weighted by Crippen LogP contribution is 2.26. The first-order valence-electron chi connectivity index (χ1n) is 10.8. The van der Waals surface area contributed by atoms with Crippen LogP contribution in [0.3, 0.4) is 0 Å². The van der Waals surface area contributed by atoms with Crippen molar-refractivity contribution < 1.29 is 0 Å². The highest BCUT2D eigenvalue weighted by molar-refractivity contribution is 5.70. The molecule has 0 saturated carbocycles. The van der Waals surface area contributed by atoms with Gasteiger partial charge >= 0.3 is 0 Å². The molecule has 31 heavy (non-hydrogen) atoms. The van der Waals surface area contributed by atoms with Gasteiger partial charge in [0.15, 0.2) is 11.5 Å². The molecular weight excluding hydrogens is 388 g/mol. The van der Waals surface area contributed by atoms with Gasteiger partial charge in [-0.3, -0.25) is 4.40 Å². The molecule has 1 aromatic carbocycles. The number of aromatic nitrogens is 5. The topological polar surface area (TPSA) is 97.3 Å². The Morgan fingerprint density at radius 2 is 1.81 bits per heavy atom. The minimum Gasteiger partial charge on any atom is -0.354 e. The quantitative estimate of drug-likeness (QED) is 0.500. The lowest BCUT2D eigenvalue weighted by Crippen LogP contribution is -2.30. The van der Waals surface area contributed by atoms with Gasteiger partial charge < -0.3 is 16.0 Å². The van der Waals surface area contributed by atoms with Crippen LogP contribution >= 0.6 is 0 Å². The zero-order chi connectivity index (χ0) is 21.0. The van der Waals surface area contributed by atoms with Crippen molar-refractivity contribution in [3.63, 3.8) is 0 Å². The van der Waals surface area contributed by atoms with E-state index in [0.717, 1.165) is 41.5 Å². The molecule has 1 atom stereocenters. The maximum atomic E-state index is 6.00. The highest BCUT2D eigenvalue weighted by atomic mass is 15.2. The third kappa shape index (κ3) is 3.94. The number of nitrogens with zero attached hydrogens (tertiary/aromatic N) is 6. The molecule has 3 N–H and O–H groups in total. The van der Waals surface area contributed by atoms with Crippen LogP contribution in [0.25, 0.3) is 17.0 Å². The fourth-order valence-corrected chi connectivity index (χ4v) is 4.11. The maximum Gasteiger partial charge on any atom is 0.223 e. The number of hydrogen-bond donors (Lipinski definition) is 2. The second kappa shape index (κ2) is 8.69. The number of piperidine rings is 1. The molecule has 8 nitrogen and oxygen atoms in total. The minimum absolute atomic E-state index is 0.0615.